The predicted molar refractivity (Wildman–Crippen MR) is 60.4 cm³/mol. The molecule has 0 atom stereocenters. The second-order valence-corrected chi connectivity index (χ2v) is 4.98. The van der Waals surface area contributed by atoms with Gasteiger partial charge >= 0.3 is 0 Å². The van der Waals surface area contributed by atoms with Gasteiger partial charge in [-0.15, -0.1) is 0 Å². The molecule has 2 heteroatoms. The van der Waals surface area contributed by atoms with Crippen molar-refractivity contribution >= 4 is 0 Å². The minimum atomic E-state index is 1.02. The summed E-state index contributed by atoms with van der Waals surface area (Å²) >= 11 is 0. The minimum Gasteiger partial charge on any atom is -0.315 e. The third-order valence-electron chi connectivity index (χ3n) is 3.27. The number of rotatable bonds is 9. The van der Waals surface area contributed by atoms with Gasteiger partial charge in [-0.1, -0.05) is 12.8 Å². The summed E-state index contributed by atoms with van der Waals surface area (Å²) in [6.07, 6.45) is 8.77. The lowest BCUT2D eigenvalue weighted by Gasteiger charge is -2.05. The van der Waals surface area contributed by atoms with E-state index in [4.69, 9.17) is 0 Å². The Hall–Kier alpha value is -0.0800. The van der Waals surface area contributed by atoms with Crippen LogP contribution < -0.4 is 10.6 Å². The van der Waals surface area contributed by atoms with Gasteiger partial charge in [0.1, 0.15) is 0 Å². The zero-order valence-corrected chi connectivity index (χ0v) is 9.23. The maximum absolute atomic E-state index is 3.50. The number of hydrogen-bond donors (Lipinski definition) is 2. The Kier molecular flexibility index (Phi) is 4.26. The molecule has 0 bridgehead atoms. The van der Waals surface area contributed by atoms with Gasteiger partial charge in [-0.05, 0) is 50.6 Å². The van der Waals surface area contributed by atoms with Crippen LogP contribution in [0.2, 0.25) is 0 Å². The van der Waals surface area contributed by atoms with E-state index in [9.17, 15) is 0 Å². The van der Waals surface area contributed by atoms with Crippen molar-refractivity contribution in [2.75, 3.05) is 26.2 Å². The molecule has 2 saturated carbocycles. The first-order valence-corrected chi connectivity index (χ1v) is 6.36. The van der Waals surface area contributed by atoms with Gasteiger partial charge in [-0.25, -0.2) is 0 Å². The van der Waals surface area contributed by atoms with E-state index >= 15 is 0 Å². The summed E-state index contributed by atoms with van der Waals surface area (Å²) in [6.45, 7) is 4.78. The van der Waals surface area contributed by atoms with Gasteiger partial charge in [0.2, 0.25) is 0 Å². The molecule has 0 saturated heterocycles. The molecular formula is C12H24N2. The summed E-state index contributed by atoms with van der Waals surface area (Å²) < 4.78 is 0. The molecule has 0 spiro atoms. The van der Waals surface area contributed by atoms with E-state index in [1.165, 1.54) is 51.6 Å². The second kappa shape index (κ2) is 5.72. The van der Waals surface area contributed by atoms with Crippen LogP contribution in [0.1, 0.15) is 38.5 Å². The van der Waals surface area contributed by atoms with Gasteiger partial charge in [0.25, 0.3) is 0 Å². The van der Waals surface area contributed by atoms with Gasteiger partial charge in [0.05, 0.1) is 0 Å². The predicted octanol–water partition coefficient (Wildman–Crippen LogP) is 1.77. The maximum atomic E-state index is 3.50. The molecule has 0 radical (unpaired) electrons. The quantitative estimate of drug-likeness (QED) is 0.549. The zero-order chi connectivity index (χ0) is 9.64. The summed E-state index contributed by atoms with van der Waals surface area (Å²) in [5, 5.41) is 7.00. The molecule has 2 aliphatic carbocycles. The summed E-state index contributed by atoms with van der Waals surface area (Å²) in [4.78, 5) is 0. The van der Waals surface area contributed by atoms with Gasteiger partial charge in [0.15, 0.2) is 0 Å². The van der Waals surface area contributed by atoms with Crippen molar-refractivity contribution in [1.29, 1.82) is 0 Å². The van der Waals surface area contributed by atoms with Crippen LogP contribution in [0, 0.1) is 11.8 Å². The molecule has 82 valence electrons. The standard InChI is InChI=1S/C12H24N2/c1(2-11-3-4-11)7-13-8-9-14-10-12-5-6-12/h11-14H,1-10H2. The molecule has 2 N–H and O–H groups in total. The van der Waals surface area contributed by atoms with E-state index in [1.54, 1.807) is 0 Å². The molecular weight excluding hydrogens is 172 g/mol. The molecule has 2 nitrogen and oxygen atoms in total. The van der Waals surface area contributed by atoms with Gasteiger partial charge < -0.3 is 10.6 Å². The molecule has 2 aliphatic rings. The van der Waals surface area contributed by atoms with Crippen LogP contribution in [-0.2, 0) is 0 Å². The fraction of sp³-hybridized carbons (Fsp3) is 1.00. The molecule has 14 heavy (non-hydrogen) atoms. The van der Waals surface area contributed by atoms with E-state index < -0.39 is 0 Å². The molecule has 0 aromatic carbocycles. The summed E-state index contributed by atoms with van der Waals surface area (Å²) in [5.74, 6) is 2.12. The van der Waals surface area contributed by atoms with Crippen molar-refractivity contribution in [1.82, 2.24) is 10.6 Å². The number of hydrogen-bond acceptors (Lipinski definition) is 2. The van der Waals surface area contributed by atoms with Crippen molar-refractivity contribution in [3.05, 3.63) is 0 Å². The van der Waals surface area contributed by atoms with Crippen LogP contribution in [0.5, 0.6) is 0 Å². The Balaban J connectivity index is 1.25. The Morgan fingerprint density at radius 2 is 1.50 bits per heavy atom. The van der Waals surface area contributed by atoms with E-state index in [0.29, 0.717) is 0 Å². The monoisotopic (exact) mass is 196 g/mol. The third-order valence-corrected chi connectivity index (χ3v) is 3.27. The van der Waals surface area contributed by atoms with E-state index in [0.717, 1.165) is 24.9 Å². The van der Waals surface area contributed by atoms with Crippen LogP contribution in [0.25, 0.3) is 0 Å². The summed E-state index contributed by atoms with van der Waals surface area (Å²) in [6, 6.07) is 0. The minimum absolute atomic E-state index is 1.02. The van der Waals surface area contributed by atoms with Crippen molar-refractivity contribution < 1.29 is 0 Å². The van der Waals surface area contributed by atoms with Crippen LogP contribution in [0.4, 0.5) is 0 Å². The Morgan fingerprint density at radius 1 is 0.786 bits per heavy atom. The molecule has 2 rings (SSSR count). The molecule has 0 amide bonds. The van der Waals surface area contributed by atoms with E-state index in [1.807, 2.05) is 0 Å². The molecule has 0 aromatic rings. The molecule has 0 aliphatic heterocycles. The topological polar surface area (TPSA) is 24.1 Å². The Labute approximate surface area is 87.8 Å². The van der Waals surface area contributed by atoms with Crippen molar-refractivity contribution in [2.45, 2.75) is 38.5 Å². The highest BCUT2D eigenvalue weighted by Crippen LogP contribution is 2.33. The smallest absolute Gasteiger partial charge is 0.00768 e. The van der Waals surface area contributed by atoms with Crippen molar-refractivity contribution in [3.8, 4) is 0 Å². The molecule has 0 unspecified atom stereocenters. The van der Waals surface area contributed by atoms with Gasteiger partial charge in [-0.2, -0.15) is 0 Å². The largest absolute Gasteiger partial charge is 0.315 e. The van der Waals surface area contributed by atoms with Crippen molar-refractivity contribution in [3.63, 3.8) is 0 Å². The molecule has 0 heterocycles. The Morgan fingerprint density at radius 3 is 2.21 bits per heavy atom. The van der Waals surface area contributed by atoms with Crippen LogP contribution >= 0.6 is 0 Å². The van der Waals surface area contributed by atoms with Crippen LogP contribution in [-0.4, -0.2) is 26.2 Å². The first-order chi connectivity index (χ1) is 6.95. The third kappa shape index (κ3) is 4.97. The highest BCUT2D eigenvalue weighted by molar-refractivity contribution is 4.75. The fourth-order valence-corrected chi connectivity index (χ4v) is 1.85. The highest BCUT2D eigenvalue weighted by Gasteiger charge is 2.20. The Bertz CT molecular complexity index is 132. The number of nitrogens with one attached hydrogen (secondary N) is 2. The first kappa shape index (κ1) is 10.4. The lowest BCUT2D eigenvalue weighted by atomic mass is 10.2. The molecule has 2 fully saturated rings. The lowest BCUT2D eigenvalue weighted by Crippen LogP contribution is -2.29. The lowest BCUT2D eigenvalue weighted by molar-refractivity contribution is 0.560. The van der Waals surface area contributed by atoms with Gasteiger partial charge in [0, 0.05) is 13.1 Å². The SMILES string of the molecule is C(CNCCNCC1CC1)CC1CC1. The normalized spacial score (nSPS) is 21.4. The maximum Gasteiger partial charge on any atom is 0.00768 e. The average Bonchev–Trinajstić information content (AvgIpc) is 3.00. The van der Waals surface area contributed by atoms with Crippen molar-refractivity contribution in [2.24, 2.45) is 11.8 Å². The van der Waals surface area contributed by atoms with Gasteiger partial charge in [-0.3, -0.25) is 0 Å². The first-order valence-electron chi connectivity index (χ1n) is 6.36. The van der Waals surface area contributed by atoms with E-state index in [2.05, 4.69) is 10.6 Å². The van der Waals surface area contributed by atoms with E-state index in [-0.39, 0.29) is 0 Å². The van der Waals surface area contributed by atoms with Crippen LogP contribution in [0.3, 0.4) is 0 Å². The second-order valence-electron chi connectivity index (χ2n) is 4.98. The zero-order valence-electron chi connectivity index (χ0n) is 9.23. The average molecular weight is 196 g/mol. The summed E-state index contributed by atoms with van der Waals surface area (Å²) in [7, 11) is 0. The highest BCUT2D eigenvalue weighted by atomic mass is 14.9. The molecule has 0 aromatic heterocycles. The summed E-state index contributed by atoms with van der Waals surface area (Å²) in [5.41, 5.74) is 0. The van der Waals surface area contributed by atoms with Crippen LogP contribution in [0.15, 0.2) is 0 Å². The fourth-order valence-electron chi connectivity index (χ4n) is 1.85.